The van der Waals surface area contributed by atoms with Gasteiger partial charge < -0.3 is 5.73 Å². The number of hydrogen-bond donors (Lipinski definition) is 1. The third-order valence-corrected chi connectivity index (χ3v) is 4.17. The van der Waals surface area contributed by atoms with Crippen molar-refractivity contribution in [2.45, 2.75) is 5.03 Å². The molecule has 2 N–H and O–H groups in total. The summed E-state index contributed by atoms with van der Waals surface area (Å²) in [5.74, 6) is 0.245. The van der Waals surface area contributed by atoms with Crippen LogP contribution >= 0.6 is 27.7 Å². The average Bonchev–Trinajstić information content (AvgIpc) is 3.11. The molecular weight excluding hydrogens is 374 g/mol. The normalized spacial score (nSPS) is 11.0. The van der Waals surface area contributed by atoms with E-state index < -0.39 is 5.76 Å². The number of nitrogens with two attached hydrogens (primary N) is 1. The van der Waals surface area contributed by atoms with Crippen molar-refractivity contribution in [3.8, 4) is 17.2 Å². The predicted molar refractivity (Wildman–Crippen MR) is 82.9 cm³/mol. The molecule has 0 amide bonds. The van der Waals surface area contributed by atoms with Crippen LogP contribution in [0.15, 0.2) is 47.7 Å². The fourth-order valence-electron chi connectivity index (χ4n) is 1.81. The zero-order valence-corrected chi connectivity index (χ0v) is 13.5. The maximum Gasteiger partial charge on any atom is 0.446 e. The second-order valence-corrected chi connectivity index (χ2v) is 6.14. The van der Waals surface area contributed by atoms with Gasteiger partial charge in [-0.15, -0.1) is 0 Å². The van der Waals surface area contributed by atoms with Crippen molar-refractivity contribution < 1.29 is 9.15 Å². The quantitative estimate of drug-likeness (QED) is 0.662. The molecule has 0 saturated carbocycles. The van der Waals surface area contributed by atoms with Gasteiger partial charge >= 0.3 is 5.76 Å². The van der Waals surface area contributed by atoms with Crippen LogP contribution in [0.5, 0.6) is 0 Å². The zero-order chi connectivity index (χ0) is 15.5. The standard InChI is InChI=1S/C12H10BrN5O3S/c13-7-2-1-3-8(6-7)18-10(16-20-12(18)19)9-11(17-21-15-9)22-5-4-14/h1-3,6H,4-5,14H2. The first-order valence-electron chi connectivity index (χ1n) is 6.21. The lowest BCUT2D eigenvalue weighted by atomic mass is 10.3. The Morgan fingerprint density at radius 2 is 2.18 bits per heavy atom. The molecule has 0 atom stereocenters. The molecule has 10 heteroatoms. The summed E-state index contributed by atoms with van der Waals surface area (Å²) in [7, 11) is 0. The van der Waals surface area contributed by atoms with Crippen LogP contribution < -0.4 is 11.5 Å². The van der Waals surface area contributed by atoms with Crippen LogP contribution in [0.1, 0.15) is 0 Å². The third kappa shape index (κ3) is 2.85. The van der Waals surface area contributed by atoms with Gasteiger partial charge in [-0.1, -0.05) is 38.9 Å². The second kappa shape index (κ2) is 6.46. The van der Waals surface area contributed by atoms with Gasteiger partial charge in [0.15, 0.2) is 10.7 Å². The molecule has 0 aliphatic heterocycles. The highest BCUT2D eigenvalue weighted by atomic mass is 79.9. The van der Waals surface area contributed by atoms with E-state index in [0.29, 0.717) is 28.7 Å². The molecule has 0 aliphatic carbocycles. The molecular formula is C12H10BrN5O3S. The van der Waals surface area contributed by atoms with E-state index in [9.17, 15) is 4.79 Å². The molecule has 0 fully saturated rings. The van der Waals surface area contributed by atoms with Crippen LogP contribution in [0.4, 0.5) is 0 Å². The second-order valence-electron chi connectivity index (χ2n) is 4.14. The maximum atomic E-state index is 12.0. The van der Waals surface area contributed by atoms with E-state index in [2.05, 4.69) is 31.4 Å². The lowest BCUT2D eigenvalue weighted by Gasteiger charge is -2.03. The topological polar surface area (TPSA) is 113 Å². The Bertz CT molecular complexity index is 843. The third-order valence-electron chi connectivity index (χ3n) is 2.70. The Morgan fingerprint density at radius 3 is 2.95 bits per heavy atom. The van der Waals surface area contributed by atoms with E-state index in [-0.39, 0.29) is 5.82 Å². The Hall–Kier alpha value is -1.91. The molecule has 114 valence electrons. The van der Waals surface area contributed by atoms with Crippen LogP contribution in [0.25, 0.3) is 17.2 Å². The number of aromatic nitrogens is 4. The average molecular weight is 384 g/mol. The molecule has 3 rings (SSSR count). The summed E-state index contributed by atoms with van der Waals surface area (Å²) in [4.78, 5) is 12.0. The molecule has 0 saturated heterocycles. The predicted octanol–water partition coefficient (Wildman–Crippen LogP) is 1.69. The van der Waals surface area contributed by atoms with E-state index in [1.54, 1.807) is 18.2 Å². The van der Waals surface area contributed by atoms with E-state index >= 15 is 0 Å². The highest BCUT2D eigenvalue weighted by molar-refractivity contribution is 9.10. The van der Waals surface area contributed by atoms with E-state index in [1.807, 2.05) is 6.07 Å². The summed E-state index contributed by atoms with van der Waals surface area (Å²) in [6.45, 7) is 0.480. The van der Waals surface area contributed by atoms with Crippen LogP contribution in [0.2, 0.25) is 0 Å². The maximum absolute atomic E-state index is 12.0. The van der Waals surface area contributed by atoms with Crippen LogP contribution in [0, 0.1) is 0 Å². The van der Waals surface area contributed by atoms with Gasteiger partial charge in [-0.25, -0.2) is 14.0 Å². The largest absolute Gasteiger partial charge is 0.446 e. The lowest BCUT2D eigenvalue weighted by Crippen LogP contribution is -2.13. The van der Waals surface area contributed by atoms with Gasteiger partial charge in [0.05, 0.1) is 5.69 Å². The zero-order valence-electron chi connectivity index (χ0n) is 11.1. The monoisotopic (exact) mass is 383 g/mol. The minimum Gasteiger partial charge on any atom is -0.330 e. The van der Waals surface area contributed by atoms with Crippen molar-refractivity contribution in [3.63, 3.8) is 0 Å². The number of rotatable bonds is 5. The SMILES string of the molecule is NCCSc1nonc1-c1noc(=O)n1-c1cccc(Br)c1. The van der Waals surface area contributed by atoms with Gasteiger partial charge in [0.2, 0.25) is 5.82 Å². The number of thioether (sulfide) groups is 1. The molecule has 0 unspecified atom stereocenters. The number of halogens is 1. The molecule has 0 bridgehead atoms. The Kier molecular flexibility index (Phi) is 4.41. The first-order valence-corrected chi connectivity index (χ1v) is 7.99. The van der Waals surface area contributed by atoms with Crippen molar-refractivity contribution in [1.82, 2.24) is 20.0 Å². The minimum absolute atomic E-state index is 0.226. The minimum atomic E-state index is -0.620. The highest BCUT2D eigenvalue weighted by Crippen LogP contribution is 2.28. The van der Waals surface area contributed by atoms with Crippen molar-refractivity contribution in [2.24, 2.45) is 5.73 Å². The highest BCUT2D eigenvalue weighted by Gasteiger charge is 2.22. The van der Waals surface area contributed by atoms with Gasteiger partial charge in [0, 0.05) is 16.8 Å². The summed E-state index contributed by atoms with van der Waals surface area (Å²) in [6.07, 6.45) is 0. The van der Waals surface area contributed by atoms with Gasteiger partial charge in [-0.05, 0) is 28.5 Å². The van der Waals surface area contributed by atoms with Crippen molar-refractivity contribution in [2.75, 3.05) is 12.3 Å². The first kappa shape index (κ1) is 15.0. The van der Waals surface area contributed by atoms with Crippen molar-refractivity contribution in [1.29, 1.82) is 0 Å². The fraction of sp³-hybridized carbons (Fsp3) is 0.167. The number of hydrogen-bond acceptors (Lipinski definition) is 8. The van der Waals surface area contributed by atoms with Crippen molar-refractivity contribution in [3.05, 3.63) is 39.3 Å². The smallest absolute Gasteiger partial charge is 0.330 e. The van der Waals surface area contributed by atoms with E-state index in [1.165, 1.54) is 16.3 Å². The molecule has 3 aromatic rings. The molecule has 0 spiro atoms. The molecule has 1 aromatic carbocycles. The molecule has 0 radical (unpaired) electrons. The summed E-state index contributed by atoms with van der Waals surface area (Å²) < 4.78 is 11.6. The van der Waals surface area contributed by atoms with Gasteiger partial charge in [0.25, 0.3) is 0 Å². The number of benzene rings is 1. The summed E-state index contributed by atoms with van der Waals surface area (Å²) in [5.41, 5.74) is 6.41. The molecule has 2 aromatic heterocycles. The van der Waals surface area contributed by atoms with Gasteiger partial charge in [0.1, 0.15) is 0 Å². The van der Waals surface area contributed by atoms with Crippen LogP contribution in [-0.2, 0) is 0 Å². The summed E-state index contributed by atoms with van der Waals surface area (Å²) >= 11 is 4.73. The van der Waals surface area contributed by atoms with Crippen molar-refractivity contribution >= 4 is 27.7 Å². The molecule has 22 heavy (non-hydrogen) atoms. The Morgan fingerprint density at radius 1 is 1.32 bits per heavy atom. The molecule has 2 heterocycles. The summed E-state index contributed by atoms with van der Waals surface area (Å²) in [6, 6.07) is 7.17. The number of nitrogens with zero attached hydrogens (tertiary/aromatic N) is 4. The van der Waals surface area contributed by atoms with Gasteiger partial charge in [-0.3, -0.25) is 4.52 Å². The fourth-order valence-corrected chi connectivity index (χ4v) is 2.86. The van der Waals surface area contributed by atoms with Crippen LogP contribution in [0.3, 0.4) is 0 Å². The molecule has 0 aliphatic rings. The molecule has 8 nitrogen and oxygen atoms in total. The summed E-state index contributed by atoms with van der Waals surface area (Å²) in [5, 5.41) is 11.9. The Balaban J connectivity index is 2.10. The lowest BCUT2D eigenvalue weighted by molar-refractivity contribution is 0.299. The first-order chi connectivity index (χ1) is 10.7. The Labute approximate surface area is 136 Å². The van der Waals surface area contributed by atoms with Crippen LogP contribution in [-0.4, -0.2) is 32.3 Å². The van der Waals surface area contributed by atoms with E-state index in [4.69, 9.17) is 14.9 Å². The van der Waals surface area contributed by atoms with Gasteiger partial charge in [-0.2, -0.15) is 0 Å². The van der Waals surface area contributed by atoms with E-state index in [0.717, 1.165) is 4.47 Å².